The molecule has 4 nitrogen and oxygen atoms in total. The van der Waals surface area contributed by atoms with Crippen LogP contribution in [0.3, 0.4) is 0 Å². The normalized spacial score (nSPS) is 16.9. The molecule has 0 amide bonds. The van der Waals surface area contributed by atoms with Crippen LogP contribution in [-0.4, -0.2) is 24.1 Å². The molecule has 0 aliphatic heterocycles. The molecule has 2 N–H and O–H groups in total. The number of esters is 1. The second-order valence-corrected chi connectivity index (χ2v) is 5.43. The highest BCUT2D eigenvalue weighted by molar-refractivity contribution is 7.13. The van der Waals surface area contributed by atoms with E-state index in [4.69, 9.17) is 10.5 Å². The van der Waals surface area contributed by atoms with Crippen molar-refractivity contribution in [2.75, 3.05) is 13.2 Å². The van der Waals surface area contributed by atoms with Crippen LogP contribution in [0.4, 0.5) is 0 Å². The summed E-state index contributed by atoms with van der Waals surface area (Å²) in [5, 5.41) is 0.956. The standard InChI is InChI=1S/C12H18N2O2S/c1-3-16-12(15)10-9(8-4-5-8)14-11(17-10)7(2)6-13/h7-8H,3-6,13H2,1-2H3. The third-order valence-electron chi connectivity index (χ3n) is 2.87. The fourth-order valence-corrected chi connectivity index (χ4v) is 2.75. The second kappa shape index (κ2) is 5.14. The molecule has 1 saturated carbocycles. The summed E-state index contributed by atoms with van der Waals surface area (Å²) in [4.78, 5) is 17.1. The Morgan fingerprint density at radius 1 is 1.65 bits per heavy atom. The van der Waals surface area contributed by atoms with Crippen molar-refractivity contribution in [1.82, 2.24) is 4.98 Å². The van der Waals surface area contributed by atoms with E-state index in [9.17, 15) is 4.79 Å². The van der Waals surface area contributed by atoms with E-state index in [2.05, 4.69) is 4.98 Å². The maximum absolute atomic E-state index is 11.8. The van der Waals surface area contributed by atoms with Crippen LogP contribution in [0.25, 0.3) is 0 Å². The van der Waals surface area contributed by atoms with Gasteiger partial charge in [0.15, 0.2) is 0 Å². The number of rotatable bonds is 5. The van der Waals surface area contributed by atoms with E-state index in [1.54, 1.807) is 0 Å². The summed E-state index contributed by atoms with van der Waals surface area (Å²) >= 11 is 1.44. The van der Waals surface area contributed by atoms with Crippen molar-refractivity contribution in [1.29, 1.82) is 0 Å². The van der Waals surface area contributed by atoms with Crippen molar-refractivity contribution in [3.05, 3.63) is 15.6 Å². The largest absolute Gasteiger partial charge is 0.462 e. The number of thiazole rings is 1. The number of ether oxygens (including phenoxy) is 1. The van der Waals surface area contributed by atoms with E-state index >= 15 is 0 Å². The number of nitrogens with zero attached hydrogens (tertiary/aromatic N) is 1. The van der Waals surface area contributed by atoms with E-state index in [0.717, 1.165) is 23.5 Å². The average Bonchev–Trinajstić information content (AvgIpc) is 3.07. The van der Waals surface area contributed by atoms with Crippen LogP contribution in [0.15, 0.2) is 0 Å². The maximum Gasteiger partial charge on any atom is 0.350 e. The van der Waals surface area contributed by atoms with Crippen LogP contribution in [0, 0.1) is 0 Å². The van der Waals surface area contributed by atoms with Gasteiger partial charge in [-0.15, -0.1) is 11.3 Å². The SMILES string of the molecule is CCOC(=O)c1sc(C(C)CN)nc1C1CC1. The highest BCUT2D eigenvalue weighted by atomic mass is 32.1. The molecular weight excluding hydrogens is 236 g/mol. The van der Waals surface area contributed by atoms with E-state index in [1.807, 2.05) is 13.8 Å². The Balaban J connectivity index is 2.28. The van der Waals surface area contributed by atoms with Crippen molar-refractivity contribution in [3.63, 3.8) is 0 Å². The van der Waals surface area contributed by atoms with Gasteiger partial charge in [-0.1, -0.05) is 6.92 Å². The summed E-state index contributed by atoms with van der Waals surface area (Å²) in [5.74, 6) is 0.437. The summed E-state index contributed by atoms with van der Waals surface area (Å²) < 4.78 is 5.07. The lowest BCUT2D eigenvalue weighted by Gasteiger charge is -2.01. The zero-order valence-electron chi connectivity index (χ0n) is 10.2. The molecule has 2 rings (SSSR count). The van der Waals surface area contributed by atoms with Crippen LogP contribution in [0.2, 0.25) is 0 Å². The Labute approximate surface area is 105 Å². The van der Waals surface area contributed by atoms with Gasteiger partial charge in [0.2, 0.25) is 0 Å². The lowest BCUT2D eigenvalue weighted by molar-refractivity contribution is 0.0530. The van der Waals surface area contributed by atoms with Gasteiger partial charge in [-0.25, -0.2) is 9.78 Å². The molecule has 1 aliphatic rings. The van der Waals surface area contributed by atoms with Gasteiger partial charge in [0.05, 0.1) is 17.3 Å². The highest BCUT2D eigenvalue weighted by Gasteiger charge is 2.33. The zero-order chi connectivity index (χ0) is 12.4. The first kappa shape index (κ1) is 12.5. The number of carbonyl (C=O) groups is 1. The number of aromatic nitrogens is 1. The Morgan fingerprint density at radius 2 is 2.35 bits per heavy atom. The highest BCUT2D eigenvalue weighted by Crippen LogP contribution is 2.43. The van der Waals surface area contributed by atoms with E-state index in [0.29, 0.717) is 23.9 Å². The average molecular weight is 254 g/mol. The molecule has 94 valence electrons. The van der Waals surface area contributed by atoms with E-state index in [-0.39, 0.29) is 11.9 Å². The molecule has 5 heteroatoms. The Hall–Kier alpha value is -0.940. The fourth-order valence-electron chi connectivity index (χ4n) is 1.64. The minimum atomic E-state index is -0.234. The van der Waals surface area contributed by atoms with Crippen LogP contribution >= 0.6 is 11.3 Å². The number of hydrogen-bond donors (Lipinski definition) is 1. The van der Waals surface area contributed by atoms with E-state index < -0.39 is 0 Å². The van der Waals surface area contributed by atoms with Gasteiger partial charge >= 0.3 is 5.97 Å². The quantitative estimate of drug-likeness (QED) is 0.819. The van der Waals surface area contributed by atoms with Crippen molar-refractivity contribution in [2.45, 2.75) is 38.5 Å². The lowest BCUT2D eigenvalue weighted by atomic mass is 10.2. The molecule has 0 radical (unpaired) electrons. The molecule has 0 spiro atoms. The monoisotopic (exact) mass is 254 g/mol. The number of carbonyl (C=O) groups excluding carboxylic acids is 1. The summed E-state index contributed by atoms with van der Waals surface area (Å²) in [7, 11) is 0. The minimum Gasteiger partial charge on any atom is -0.462 e. The van der Waals surface area contributed by atoms with Crippen molar-refractivity contribution in [2.24, 2.45) is 5.73 Å². The third-order valence-corrected chi connectivity index (χ3v) is 4.15. The molecule has 1 atom stereocenters. The fraction of sp³-hybridized carbons (Fsp3) is 0.667. The van der Waals surface area contributed by atoms with Crippen molar-refractivity contribution >= 4 is 17.3 Å². The summed E-state index contributed by atoms with van der Waals surface area (Å²) in [5.41, 5.74) is 6.57. The first-order valence-corrected chi connectivity index (χ1v) is 6.86. The summed E-state index contributed by atoms with van der Waals surface area (Å²) in [6.45, 7) is 4.81. The van der Waals surface area contributed by atoms with Gasteiger partial charge in [-0.2, -0.15) is 0 Å². The third kappa shape index (κ3) is 2.66. The number of nitrogens with two attached hydrogens (primary N) is 1. The first-order chi connectivity index (χ1) is 8.17. The van der Waals surface area contributed by atoms with Crippen LogP contribution in [-0.2, 0) is 4.74 Å². The molecule has 0 bridgehead atoms. The van der Waals surface area contributed by atoms with Crippen LogP contribution < -0.4 is 5.73 Å². The Bertz CT molecular complexity index is 413. The minimum absolute atomic E-state index is 0.209. The smallest absolute Gasteiger partial charge is 0.350 e. The zero-order valence-corrected chi connectivity index (χ0v) is 11.0. The molecule has 1 heterocycles. The van der Waals surface area contributed by atoms with Gasteiger partial charge < -0.3 is 10.5 Å². The van der Waals surface area contributed by atoms with Gasteiger partial charge in [0, 0.05) is 18.4 Å². The van der Waals surface area contributed by atoms with Gasteiger partial charge in [-0.05, 0) is 19.8 Å². The Kier molecular flexibility index (Phi) is 3.79. The lowest BCUT2D eigenvalue weighted by Crippen LogP contribution is -2.08. The molecule has 0 aromatic carbocycles. The second-order valence-electron chi connectivity index (χ2n) is 4.40. The maximum atomic E-state index is 11.8. The van der Waals surface area contributed by atoms with Gasteiger partial charge in [-0.3, -0.25) is 0 Å². The molecule has 0 saturated heterocycles. The van der Waals surface area contributed by atoms with Gasteiger partial charge in [0.25, 0.3) is 0 Å². The molecule has 17 heavy (non-hydrogen) atoms. The summed E-state index contributed by atoms with van der Waals surface area (Å²) in [6, 6.07) is 0. The topological polar surface area (TPSA) is 65.2 Å². The molecular formula is C12H18N2O2S. The number of hydrogen-bond acceptors (Lipinski definition) is 5. The Morgan fingerprint density at radius 3 is 2.88 bits per heavy atom. The molecule has 1 fully saturated rings. The van der Waals surface area contributed by atoms with Crippen LogP contribution in [0.5, 0.6) is 0 Å². The van der Waals surface area contributed by atoms with Gasteiger partial charge in [0.1, 0.15) is 4.88 Å². The van der Waals surface area contributed by atoms with Crippen molar-refractivity contribution < 1.29 is 9.53 Å². The van der Waals surface area contributed by atoms with E-state index in [1.165, 1.54) is 11.3 Å². The predicted molar refractivity (Wildman–Crippen MR) is 67.5 cm³/mol. The summed E-state index contributed by atoms with van der Waals surface area (Å²) in [6.07, 6.45) is 2.26. The molecule has 1 aromatic heterocycles. The predicted octanol–water partition coefficient (Wildman–Crippen LogP) is 2.26. The van der Waals surface area contributed by atoms with Crippen molar-refractivity contribution in [3.8, 4) is 0 Å². The first-order valence-electron chi connectivity index (χ1n) is 6.05. The molecule has 1 aliphatic carbocycles. The molecule has 1 unspecified atom stereocenters. The van der Waals surface area contributed by atoms with Crippen LogP contribution in [0.1, 0.15) is 58.9 Å². The molecule has 1 aromatic rings.